The lowest BCUT2D eigenvalue weighted by molar-refractivity contribution is -0.286. The van der Waals surface area contributed by atoms with Crippen molar-refractivity contribution in [2.45, 2.75) is 12.7 Å². The third-order valence-electron chi connectivity index (χ3n) is 3.00. The van der Waals surface area contributed by atoms with Crippen molar-refractivity contribution in [3.63, 3.8) is 0 Å². The summed E-state index contributed by atoms with van der Waals surface area (Å²) in [6.07, 6.45) is -3.54. The Bertz CT molecular complexity index is 591. The highest BCUT2D eigenvalue weighted by Crippen LogP contribution is 2.42. The summed E-state index contributed by atoms with van der Waals surface area (Å²) in [7, 11) is 0. The van der Waals surface area contributed by atoms with E-state index in [0.29, 0.717) is 5.69 Å². The van der Waals surface area contributed by atoms with Gasteiger partial charge in [0, 0.05) is 24.7 Å². The molecule has 1 saturated heterocycles. The van der Waals surface area contributed by atoms with Crippen LogP contribution in [0.1, 0.15) is 6.42 Å². The molecule has 2 heterocycles. The number of amides is 2. The van der Waals surface area contributed by atoms with Crippen LogP contribution in [0.25, 0.3) is 0 Å². The molecule has 2 aliphatic heterocycles. The molecule has 1 aromatic carbocycles. The Morgan fingerprint density at radius 2 is 1.95 bits per heavy atom. The number of hydrogen-bond acceptors (Lipinski definition) is 4. The van der Waals surface area contributed by atoms with Gasteiger partial charge in [-0.1, -0.05) is 0 Å². The van der Waals surface area contributed by atoms with Crippen LogP contribution in [0.4, 0.5) is 14.5 Å². The van der Waals surface area contributed by atoms with Gasteiger partial charge in [-0.3, -0.25) is 9.59 Å². The fourth-order valence-corrected chi connectivity index (χ4v) is 2.07. The van der Waals surface area contributed by atoms with E-state index < -0.39 is 6.29 Å². The van der Waals surface area contributed by atoms with E-state index in [2.05, 4.69) is 14.8 Å². The molecule has 2 aliphatic rings. The Morgan fingerprint density at radius 3 is 2.75 bits per heavy atom. The first-order chi connectivity index (χ1) is 9.44. The zero-order valence-electron chi connectivity index (χ0n) is 10.2. The van der Waals surface area contributed by atoms with Crippen molar-refractivity contribution in [1.82, 2.24) is 5.32 Å². The maximum absolute atomic E-state index is 12.9. The number of benzene rings is 1. The van der Waals surface area contributed by atoms with Gasteiger partial charge < -0.3 is 19.7 Å². The summed E-state index contributed by atoms with van der Waals surface area (Å²) in [4.78, 5) is 24.5. The highest BCUT2D eigenvalue weighted by atomic mass is 19.3. The number of ether oxygens (including phenoxy) is 2. The highest BCUT2D eigenvalue weighted by Gasteiger charge is 2.43. The molecular weight excluding hydrogens is 274 g/mol. The van der Waals surface area contributed by atoms with Gasteiger partial charge in [0.1, 0.15) is 0 Å². The first kappa shape index (κ1) is 12.6. The fourth-order valence-electron chi connectivity index (χ4n) is 2.07. The number of alkyl halides is 2. The van der Waals surface area contributed by atoms with E-state index >= 15 is 0 Å². The monoisotopic (exact) mass is 284 g/mol. The molecule has 20 heavy (non-hydrogen) atoms. The molecule has 0 aromatic heterocycles. The lowest BCUT2D eigenvalue weighted by atomic mass is 10.2. The second-order valence-corrected chi connectivity index (χ2v) is 4.37. The predicted octanol–water partition coefficient (Wildman–Crippen LogP) is 0.861. The molecular formula is C12H10F2N2O4. The van der Waals surface area contributed by atoms with Gasteiger partial charge in [-0.05, 0) is 12.1 Å². The van der Waals surface area contributed by atoms with Crippen LogP contribution >= 0.6 is 0 Å². The topological polar surface area (TPSA) is 67.9 Å². The van der Waals surface area contributed by atoms with Gasteiger partial charge in [-0.15, -0.1) is 8.78 Å². The second-order valence-electron chi connectivity index (χ2n) is 4.37. The van der Waals surface area contributed by atoms with Gasteiger partial charge in [0.25, 0.3) is 0 Å². The van der Waals surface area contributed by atoms with Gasteiger partial charge >= 0.3 is 6.29 Å². The van der Waals surface area contributed by atoms with Crippen LogP contribution in [0, 0.1) is 0 Å². The molecule has 0 aliphatic carbocycles. The van der Waals surface area contributed by atoms with Gasteiger partial charge in [-0.25, -0.2) is 0 Å². The van der Waals surface area contributed by atoms with Crippen molar-refractivity contribution in [3.05, 3.63) is 18.2 Å². The van der Waals surface area contributed by atoms with Crippen LogP contribution in [0.3, 0.4) is 0 Å². The molecule has 1 fully saturated rings. The van der Waals surface area contributed by atoms with E-state index in [9.17, 15) is 18.4 Å². The summed E-state index contributed by atoms with van der Waals surface area (Å²) in [5.41, 5.74) is 0.381. The van der Waals surface area contributed by atoms with E-state index in [-0.39, 0.29) is 42.8 Å². The van der Waals surface area contributed by atoms with Crippen LogP contribution in [0.15, 0.2) is 18.2 Å². The Balaban J connectivity index is 1.88. The van der Waals surface area contributed by atoms with E-state index in [0.717, 1.165) is 0 Å². The largest absolute Gasteiger partial charge is 0.586 e. The summed E-state index contributed by atoms with van der Waals surface area (Å²) in [5, 5.41) is 2.45. The zero-order chi connectivity index (χ0) is 14.3. The highest BCUT2D eigenvalue weighted by molar-refractivity contribution is 5.99. The average molecular weight is 284 g/mol. The molecule has 0 bridgehead atoms. The van der Waals surface area contributed by atoms with Crippen molar-refractivity contribution in [3.8, 4) is 11.5 Å². The van der Waals surface area contributed by atoms with Crippen molar-refractivity contribution in [2.24, 2.45) is 0 Å². The SMILES string of the molecule is O=C1CCN(c2ccc3c(c2)OC(F)(F)O3)C(=O)CN1. The minimum atomic E-state index is -3.69. The number of hydrogen-bond donors (Lipinski definition) is 1. The van der Waals surface area contributed by atoms with Crippen molar-refractivity contribution in [1.29, 1.82) is 0 Å². The van der Waals surface area contributed by atoms with Gasteiger partial charge in [0.15, 0.2) is 11.5 Å². The average Bonchev–Trinajstić information content (AvgIpc) is 2.59. The smallest absolute Gasteiger partial charge is 0.395 e. The predicted molar refractivity (Wildman–Crippen MR) is 62.6 cm³/mol. The van der Waals surface area contributed by atoms with Crippen LogP contribution in [-0.2, 0) is 9.59 Å². The number of halogens is 2. The zero-order valence-corrected chi connectivity index (χ0v) is 10.2. The molecule has 0 unspecified atom stereocenters. The molecule has 0 spiro atoms. The summed E-state index contributed by atoms with van der Waals surface area (Å²) in [6.45, 7) is 0.0597. The lowest BCUT2D eigenvalue weighted by Crippen LogP contribution is -2.35. The maximum atomic E-state index is 12.9. The lowest BCUT2D eigenvalue weighted by Gasteiger charge is -2.19. The van der Waals surface area contributed by atoms with Crippen molar-refractivity contribution < 1.29 is 27.8 Å². The van der Waals surface area contributed by atoms with E-state index in [1.54, 1.807) is 0 Å². The van der Waals surface area contributed by atoms with E-state index in [1.807, 2.05) is 0 Å². The number of anilines is 1. The quantitative estimate of drug-likeness (QED) is 0.830. The Morgan fingerprint density at radius 1 is 1.20 bits per heavy atom. The second kappa shape index (κ2) is 4.32. The molecule has 2 amide bonds. The normalized spacial score (nSPS) is 20.6. The number of nitrogens with zero attached hydrogens (tertiary/aromatic N) is 1. The van der Waals surface area contributed by atoms with E-state index in [4.69, 9.17) is 0 Å². The standard InChI is InChI=1S/C12H10F2N2O4/c13-12(14)19-8-2-1-7(5-9(8)20-12)16-4-3-10(17)15-6-11(16)18/h1-2,5H,3-4,6H2,(H,15,17). The van der Waals surface area contributed by atoms with Crippen molar-refractivity contribution in [2.75, 3.05) is 18.0 Å². The summed E-state index contributed by atoms with van der Waals surface area (Å²) in [5.74, 6) is -0.770. The molecule has 0 saturated carbocycles. The van der Waals surface area contributed by atoms with Crippen molar-refractivity contribution >= 4 is 17.5 Å². The van der Waals surface area contributed by atoms with Crippen LogP contribution < -0.4 is 19.7 Å². The molecule has 0 atom stereocenters. The number of fused-ring (bicyclic) bond motifs is 1. The molecule has 1 N–H and O–H groups in total. The van der Waals surface area contributed by atoms with Gasteiger partial charge in [0.2, 0.25) is 11.8 Å². The minimum Gasteiger partial charge on any atom is -0.395 e. The van der Waals surface area contributed by atoms with Crippen LogP contribution in [-0.4, -0.2) is 31.2 Å². The first-order valence-electron chi connectivity index (χ1n) is 5.91. The number of carbonyl (C=O) groups excluding carboxylic acids is 2. The molecule has 3 rings (SSSR count). The first-order valence-corrected chi connectivity index (χ1v) is 5.91. The van der Waals surface area contributed by atoms with E-state index in [1.165, 1.54) is 23.1 Å². The maximum Gasteiger partial charge on any atom is 0.586 e. The molecule has 1 aromatic rings. The molecule has 0 radical (unpaired) electrons. The minimum absolute atomic E-state index is 0.0878. The Kier molecular flexibility index (Phi) is 2.73. The number of rotatable bonds is 1. The van der Waals surface area contributed by atoms with Crippen LogP contribution in [0.2, 0.25) is 0 Å². The summed E-state index contributed by atoms with van der Waals surface area (Å²) < 4.78 is 34.5. The number of carbonyl (C=O) groups is 2. The molecule has 6 nitrogen and oxygen atoms in total. The molecule has 8 heteroatoms. The number of nitrogens with one attached hydrogen (secondary N) is 1. The van der Waals surface area contributed by atoms with Gasteiger partial charge in [0.05, 0.1) is 6.54 Å². The van der Waals surface area contributed by atoms with Crippen LogP contribution in [0.5, 0.6) is 11.5 Å². The fraction of sp³-hybridized carbons (Fsp3) is 0.333. The third-order valence-corrected chi connectivity index (χ3v) is 3.00. The van der Waals surface area contributed by atoms with Gasteiger partial charge in [-0.2, -0.15) is 0 Å². The summed E-state index contributed by atoms with van der Waals surface area (Å²) in [6, 6.07) is 4.07. The Labute approximate surface area is 112 Å². The Hall–Kier alpha value is -2.38. The molecule has 106 valence electrons. The third kappa shape index (κ3) is 2.24. The summed E-state index contributed by atoms with van der Waals surface area (Å²) >= 11 is 0.